The summed E-state index contributed by atoms with van der Waals surface area (Å²) in [4.78, 5) is 6.62. The number of hydrogen-bond donors (Lipinski definition) is 1. The second kappa shape index (κ2) is 5.93. The number of rotatable bonds is 2. The number of likely N-dealkylation sites (N-methyl/N-ethyl adjacent to an activating group) is 1. The van der Waals surface area contributed by atoms with Crippen molar-refractivity contribution < 1.29 is 0 Å². The van der Waals surface area contributed by atoms with Gasteiger partial charge in [-0.05, 0) is 31.5 Å². The Hall–Kier alpha value is -0.800. The van der Waals surface area contributed by atoms with E-state index in [1.54, 1.807) is 0 Å². The Kier molecular flexibility index (Phi) is 4.85. The predicted octanol–water partition coefficient (Wildman–Crippen LogP) is 1.69. The highest BCUT2D eigenvalue weighted by atomic mass is 35.5. The van der Waals surface area contributed by atoms with Gasteiger partial charge in [-0.25, -0.2) is 4.98 Å². The third kappa shape index (κ3) is 3.08. The lowest BCUT2D eigenvalue weighted by Gasteiger charge is -2.32. The van der Waals surface area contributed by atoms with E-state index >= 15 is 0 Å². The Morgan fingerprint density at radius 1 is 1.47 bits per heavy atom. The van der Waals surface area contributed by atoms with E-state index in [9.17, 15) is 0 Å². The molecule has 0 radical (unpaired) electrons. The lowest BCUT2D eigenvalue weighted by molar-refractivity contribution is 0.443. The van der Waals surface area contributed by atoms with Gasteiger partial charge in [0.05, 0.1) is 0 Å². The highest BCUT2D eigenvalue weighted by molar-refractivity contribution is 5.85. The highest BCUT2D eigenvalue weighted by Gasteiger charge is 2.18. The summed E-state index contributed by atoms with van der Waals surface area (Å²) in [5, 5.41) is 3.42. The molecule has 1 atom stereocenters. The van der Waals surface area contributed by atoms with Gasteiger partial charge in [0.2, 0.25) is 0 Å². The molecule has 3 nitrogen and oxygen atoms in total. The third-order valence-corrected chi connectivity index (χ3v) is 2.83. The van der Waals surface area contributed by atoms with Gasteiger partial charge in [-0.15, -0.1) is 12.4 Å². The van der Waals surface area contributed by atoms with E-state index in [4.69, 9.17) is 0 Å². The molecule has 1 saturated heterocycles. The average Bonchev–Trinajstić information content (AvgIpc) is 2.30. The van der Waals surface area contributed by atoms with Gasteiger partial charge in [-0.2, -0.15) is 0 Å². The Balaban J connectivity index is 0.00000112. The van der Waals surface area contributed by atoms with Crippen LogP contribution in [0, 0.1) is 0 Å². The van der Waals surface area contributed by atoms with Crippen molar-refractivity contribution in [2.24, 2.45) is 0 Å². The summed E-state index contributed by atoms with van der Waals surface area (Å²) in [6.07, 6.45) is 4.38. The van der Waals surface area contributed by atoms with Crippen LogP contribution in [0.25, 0.3) is 0 Å². The number of hydrogen-bond acceptors (Lipinski definition) is 3. The van der Waals surface area contributed by atoms with Crippen LogP contribution in [0.5, 0.6) is 0 Å². The molecule has 1 aromatic heterocycles. The molecule has 84 valence electrons. The molecular weight excluding hydrogens is 210 g/mol. The summed E-state index contributed by atoms with van der Waals surface area (Å²) in [6.45, 7) is 2.24. The topological polar surface area (TPSA) is 28.2 Å². The molecule has 0 bridgehead atoms. The number of piperidine rings is 1. The largest absolute Gasteiger partial charge is 0.355 e. The summed E-state index contributed by atoms with van der Waals surface area (Å²) in [5.41, 5.74) is 0. The predicted molar refractivity (Wildman–Crippen MR) is 65.8 cm³/mol. The molecule has 1 aliphatic rings. The van der Waals surface area contributed by atoms with Crippen molar-refractivity contribution >= 4 is 18.2 Å². The number of nitrogens with one attached hydrogen (secondary N) is 1. The van der Waals surface area contributed by atoms with Gasteiger partial charge >= 0.3 is 0 Å². The van der Waals surface area contributed by atoms with Gasteiger partial charge < -0.3 is 10.2 Å². The molecule has 15 heavy (non-hydrogen) atoms. The molecule has 0 aliphatic carbocycles. The number of halogens is 1. The van der Waals surface area contributed by atoms with Crippen LogP contribution in [0.4, 0.5) is 5.82 Å². The van der Waals surface area contributed by atoms with E-state index in [0.29, 0.717) is 6.04 Å². The summed E-state index contributed by atoms with van der Waals surface area (Å²) in [6, 6.07) is 6.65. The fourth-order valence-corrected chi connectivity index (χ4v) is 1.91. The van der Waals surface area contributed by atoms with Crippen LogP contribution in [0.2, 0.25) is 0 Å². The van der Waals surface area contributed by atoms with Crippen LogP contribution < -0.4 is 10.2 Å². The minimum Gasteiger partial charge on any atom is -0.355 e. The van der Waals surface area contributed by atoms with Crippen LogP contribution in [-0.4, -0.2) is 31.2 Å². The summed E-state index contributed by atoms with van der Waals surface area (Å²) in [5.74, 6) is 1.07. The van der Waals surface area contributed by atoms with Gasteiger partial charge in [0.1, 0.15) is 5.82 Å². The van der Waals surface area contributed by atoms with Crippen LogP contribution in [0.15, 0.2) is 24.4 Å². The maximum absolute atomic E-state index is 4.35. The van der Waals surface area contributed by atoms with Crippen molar-refractivity contribution in [2.45, 2.75) is 18.9 Å². The molecule has 1 aliphatic heterocycles. The standard InChI is InChI=1S/C11H17N3.ClH/c1-14(10-5-4-7-12-9-10)11-6-2-3-8-13-11;/h2-3,6,8,10,12H,4-5,7,9H2,1H3;1H. The molecule has 0 amide bonds. The van der Waals surface area contributed by atoms with E-state index in [1.165, 1.54) is 12.8 Å². The zero-order valence-corrected chi connectivity index (χ0v) is 9.83. The number of aromatic nitrogens is 1. The molecule has 2 heterocycles. The van der Waals surface area contributed by atoms with E-state index in [-0.39, 0.29) is 12.4 Å². The molecular formula is C11H18ClN3. The average molecular weight is 228 g/mol. The van der Waals surface area contributed by atoms with Crippen molar-refractivity contribution in [1.82, 2.24) is 10.3 Å². The third-order valence-electron chi connectivity index (χ3n) is 2.83. The zero-order valence-electron chi connectivity index (χ0n) is 9.02. The van der Waals surface area contributed by atoms with Crippen molar-refractivity contribution in [3.05, 3.63) is 24.4 Å². The van der Waals surface area contributed by atoms with E-state index in [1.807, 2.05) is 18.3 Å². The maximum Gasteiger partial charge on any atom is 0.128 e. The normalized spacial score (nSPS) is 20.5. The van der Waals surface area contributed by atoms with Crippen molar-refractivity contribution in [3.8, 4) is 0 Å². The SMILES string of the molecule is CN(c1ccccn1)C1CCCNC1.Cl. The fraction of sp³-hybridized carbons (Fsp3) is 0.545. The lowest BCUT2D eigenvalue weighted by atomic mass is 10.1. The Labute approximate surface area is 97.3 Å². The molecule has 1 fully saturated rings. The van der Waals surface area contributed by atoms with Gasteiger partial charge in [-0.3, -0.25) is 0 Å². The van der Waals surface area contributed by atoms with Crippen LogP contribution >= 0.6 is 12.4 Å². The first-order chi connectivity index (χ1) is 6.88. The second-order valence-corrected chi connectivity index (χ2v) is 3.80. The molecule has 1 N–H and O–H groups in total. The van der Waals surface area contributed by atoms with Crippen LogP contribution in [0.3, 0.4) is 0 Å². The fourth-order valence-electron chi connectivity index (χ4n) is 1.91. The first-order valence-electron chi connectivity index (χ1n) is 5.22. The molecule has 0 saturated carbocycles. The lowest BCUT2D eigenvalue weighted by Crippen LogP contribution is -2.44. The van der Waals surface area contributed by atoms with Crippen LogP contribution in [-0.2, 0) is 0 Å². The zero-order chi connectivity index (χ0) is 9.80. The van der Waals surface area contributed by atoms with Gasteiger partial charge in [0, 0.05) is 25.8 Å². The summed E-state index contributed by atoms with van der Waals surface area (Å²) < 4.78 is 0. The molecule has 0 aromatic carbocycles. The Morgan fingerprint density at radius 3 is 2.93 bits per heavy atom. The molecule has 0 spiro atoms. The maximum atomic E-state index is 4.35. The van der Waals surface area contributed by atoms with E-state index in [0.717, 1.165) is 18.9 Å². The van der Waals surface area contributed by atoms with Crippen molar-refractivity contribution in [2.75, 3.05) is 25.0 Å². The monoisotopic (exact) mass is 227 g/mol. The number of anilines is 1. The van der Waals surface area contributed by atoms with E-state index < -0.39 is 0 Å². The van der Waals surface area contributed by atoms with E-state index in [2.05, 4.69) is 28.3 Å². The molecule has 1 aromatic rings. The van der Waals surface area contributed by atoms with Crippen LogP contribution in [0.1, 0.15) is 12.8 Å². The molecule has 4 heteroatoms. The quantitative estimate of drug-likeness (QED) is 0.834. The minimum absolute atomic E-state index is 0. The molecule has 1 unspecified atom stereocenters. The Bertz CT molecular complexity index is 272. The van der Waals surface area contributed by atoms with Gasteiger partial charge in [-0.1, -0.05) is 6.07 Å². The second-order valence-electron chi connectivity index (χ2n) is 3.80. The first-order valence-corrected chi connectivity index (χ1v) is 5.22. The van der Waals surface area contributed by atoms with Crippen molar-refractivity contribution in [3.63, 3.8) is 0 Å². The number of nitrogens with zero attached hydrogens (tertiary/aromatic N) is 2. The summed E-state index contributed by atoms with van der Waals surface area (Å²) in [7, 11) is 2.12. The summed E-state index contributed by atoms with van der Waals surface area (Å²) >= 11 is 0. The number of pyridine rings is 1. The first kappa shape index (κ1) is 12.3. The van der Waals surface area contributed by atoms with Crippen molar-refractivity contribution in [1.29, 1.82) is 0 Å². The highest BCUT2D eigenvalue weighted by Crippen LogP contribution is 2.15. The van der Waals surface area contributed by atoms with Gasteiger partial charge in [0.25, 0.3) is 0 Å². The Morgan fingerprint density at radius 2 is 2.33 bits per heavy atom. The minimum atomic E-state index is 0. The van der Waals surface area contributed by atoms with Gasteiger partial charge in [0.15, 0.2) is 0 Å². The smallest absolute Gasteiger partial charge is 0.128 e. The molecule has 2 rings (SSSR count).